The molecule has 2 aromatic carbocycles. The lowest BCUT2D eigenvalue weighted by Gasteiger charge is -2.09. The number of hydrogen-bond acceptors (Lipinski definition) is 6. The zero-order chi connectivity index (χ0) is 20.1. The van der Waals surface area contributed by atoms with Gasteiger partial charge in [0.15, 0.2) is 23.3 Å². The molecule has 144 valence electrons. The minimum Gasteiger partial charge on any atom is -0.493 e. The molecule has 1 aliphatic heterocycles. The Labute approximate surface area is 166 Å². The van der Waals surface area contributed by atoms with E-state index >= 15 is 0 Å². The second kappa shape index (κ2) is 8.62. The summed E-state index contributed by atoms with van der Waals surface area (Å²) in [5.74, 6) is -0.612. The van der Waals surface area contributed by atoms with Crippen molar-refractivity contribution in [3.63, 3.8) is 0 Å². The molecule has 0 saturated carbocycles. The number of thioether (sulfide) groups is 1. The molecule has 1 amide bonds. The molecule has 0 unspecified atom stereocenters. The van der Waals surface area contributed by atoms with Crippen molar-refractivity contribution in [1.82, 2.24) is 5.32 Å². The second-order valence-corrected chi connectivity index (χ2v) is 6.94. The number of methoxy groups -OCH3 is 1. The maximum atomic E-state index is 12.2. The zero-order valence-corrected chi connectivity index (χ0v) is 16.1. The number of aliphatic carboxylic acids is 1. The van der Waals surface area contributed by atoms with Gasteiger partial charge in [0.05, 0.1) is 17.7 Å². The molecule has 0 aliphatic carbocycles. The van der Waals surface area contributed by atoms with Crippen LogP contribution in [0.4, 0.5) is 5.69 Å². The molecular formula is C20H18N2O5S. The molecule has 0 spiro atoms. The Hall–Kier alpha value is -3.26. The topological polar surface area (TPSA) is 97.2 Å². The summed E-state index contributed by atoms with van der Waals surface area (Å²) in [5, 5.41) is 12.0. The lowest BCUT2D eigenvalue weighted by Crippen LogP contribution is -2.19. The number of aryl methyl sites for hydroxylation is 1. The predicted octanol–water partition coefficient (Wildman–Crippen LogP) is 3.36. The minimum absolute atomic E-state index is 0.235. The standard InChI is InChI=1S/C20H18N2O5S/c1-12-4-3-5-14(8-12)21-20-22-19(25)17(28-20)10-13-6-7-15(16(9-13)26-2)27-11-18(23)24/h3-10H,11H2,1-2H3,(H,23,24)(H,21,22,25)/b17-10-. The van der Waals surface area contributed by atoms with Gasteiger partial charge in [-0.15, -0.1) is 0 Å². The van der Waals surface area contributed by atoms with Crippen LogP contribution in [0.1, 0.15) is 11.1 Å². The minimum atomic E-state index is -1.08. The first-order valence-electron chi connectivity index (χ1n) is 8.33. The third-order valence-corrected chi connectivity index (χ3v) is 4.63. The van der Waals surface area contributed by atoms with Crippen LogP contribution in [0, 0.1) is 6.92 Å². The van der Waals surface area contributed by atoms with Gasteiger partial charge in [0.1, 0.15) is 0 Å². The first-order valence-corrected chi connectivity index (χ1v) is 9.15. The van der Waals surface area contributed by atoms with E-state index in [1.807, 2.05) is 31.2 Å². The Balaban J connectivity index is 1.79. The molecule has 8 heteroatoms. The van der Waals surface area contributed by atoms with Crippen molar-refractivity contribution in [2.45, 2.75) is 6.92 Å². The van der Waals surface area contributed by atoms with E-state index in [1.165, 1.54) is 18.9 Å². The molecule has 1 aliphatic rings. The second-order valence-electron chi connectivity index (χ2n) is 5.91. The number of nitrogens with zero attached hydrogens (tertiary/aromatic N) is 1. The third kappa shape index (κ3) is 4.92. The van der Waals surface area contributed by atoms with Crippen molar-refractivity contribution in [3.8, 4) is 11.5 Å². The summed E-state index contributed by atoms with van der Waals surface area (Å²) in [6, 6.07) is 12.7. The fourth-order valence-corrected chi connectivity index (χ4v) is 3.32. The van der Waals surface area contributed by atoms with Gasteiger partial charge in [-0.05, 0) is 60.2 Å². The normalized spacial score (nSPS) is 16.3. The molecule has 2 aromatic rings. The molecular weight excluding hydrogens is 380 g/mol. The van der Waals surface area contributed by atoms with Crippen LogP contribution in [0.25, 0.3) is 6.08 Å². The van der Waals surface area contributed by atoms with Crippen LogP contribution in [0.15, 0.2) is 52.4 Å². The largest absolute Gasteiger partial charge is 0.493 e. The van der Waals surface area contributed by atoms with Gasteiger partial charge in [-0.3, -0.25) is 4.79 Å². The van der Waals surface area contributed by atoms with Crippen LogP contribution in [0.3, 0.4) is 0 Å². The number of carbonyl (C=O) groups excluding carboxylic acids is 1. The summed E-state index contributed by atoms with van der Waals surface area (Å²) in [6.45, 7) is 1.51. The van der Waals surface area contributed by atoms with E-state index in [0.29, 0.717) is 27.1 Å². The first kappa shape index (κ1) is 19.5. The van der Waals surface area contributed by atoms with Crippen LogP contribution < -0.4 is 14.8 Å². The molecule has 1 fully saturated rings. The summed E-state index contributed by atoms with van der Waals surface area (Å²) in [7, 11) is 1.46. The number of hydrogen-bond donors (Lipinski definition) is 2. The summed E-state index contributed by atoms with van der Waals surface area (Å²) in [4.78, 5) is 27.8. The third-order valence-electron chi connectivity index (χ3n) is 3.72. The van der Waals surface area contributed by atoms with Crippen molar-refractivity contribution >= 4 is 40.6 Å². The van der Waals surface area contributed by atoms with Crippen LogP contribution >= 0.6 is 11.8 Å². The maximum absolute atomic E-state index is 12.2. The maximum Gasteiger partial charge on any atom is 0.341 e. The van der Waals surface area contributed by atoms with Gasteiger partial charge >= 0.3 is 5.97 Å². The number of carboxylic acid groups (broad SMARTS) is 1. The Morgan fingerprint density at radius 3 is 2.79 bits per heavy atom. The van der Waals surface area contributed by atoms with Crippen LogP contribution in [-0.4, -0.2) is 35.9 Å². The number of ether oxygens (including phenoxy) is 2. The van der Waals surface area contributed by atoms with Crippen molar-refractivity contribution in [2.24, 2.45) is 4.99 Å². The molecule has 7 nitrogen and oxygen atoms in total. The van der Waals surface area contributed by atoms with E-state index < -0.39 is 12.6 Å². The lowest BCUT2D eigenvalue weighted by molar-refractivity contribution is -0.139. The highest BCUT2D eigenvalue weighted by Gasteiger charge is 2.24. The van der Waals surface area contributed by atoms with E-state index in [9.17, 15) is 9.59 Å². The number of nitrogens with one attached hydrogen (secondary N) is 1. The first-order chi connectivity index (χ1) is 13.4. The number of carboxylic acids is 1. The number of benzene rings is 2. The molecule has 0 radical (unpaired) electrons. The van der Waals surface area contributed by atoms with E-state index in [0.717, 1.165) is 11.3 Å². The summed E-state index contributed by atoms with van der Waals surface area (Å²) < 4.78 is 10.4. The highest BCUT2D eigenvalue weighted by molar-refractivity contribution is 8.18. The molecule has 28 heavy (non-hydrogen) atoms. The molecule has 1 heterocycles. The smallest absolute Gasteiger partial charge is 0.341 e. The van der Waals surface area contributed by atoms with Crippen molar-refractivity contribution in [2.75, 3.05) is 13.7 Å². The molecule has 2 N–H and O–H groups in total. The Morgan fingerprint density at radius 2 is 2.07 bits per heavy atom. The molecule has 1 saturated heterocycles. The van der Waals surface area contributed by atoms with Crippen LogP contribution in [-0.2, 0) is 9.59 Å². The van der Waals surface area contributed by atoms with Gasteiger partial charge in [-0.1, -0.05) is 18.2 Å². The van der Waals surface area contributed by atoms with Gasteiger partial charge < -0.3 is 19.9 Å². The van der Waals surface area contributed by atoms with Crippen LogP contribution in [0.5, 0.6) is 11.5 Å². The zero-order valence-electron chi connectivity index (χ0n) is 15.3. The van der Waals surface area contributed by atoms with Gasteiger partial charge in [-0.25, -0.2) is 9.79 Å². The summed E-state index contributed by atoms with van der Waals surface area (Å²) in [5.41, 5.74) is 2.57. The van der Waals surface area contributed by atoms with Gasteiger partial charge in [0.25, 0.3) is 5.91 Å². The van der Waals surface area contributed by atoms with Crippen LogP contribution in [0.2, 0.25) is 0 Å². The fourth-order valence-electron chi connectivity index (χ4n) is 2.48. The van der Waals surface area contributed by atoms with Crippen molar-refractivity contribution in [1.29, 1.82) is 0 Å². The molecule has 0 bridgehead atoms. The average Bonchev–Trinajstić information content (AvgIpc) is 2.99. The number of carbonyl (C=O) groups is 2. The monoisotopic (exact) mass is 398 g/mol. The predicted molar refractivity (Wildman–Crippen MR) is 108 cm³/mol. The number of rotatable bonds is 6. The summed E-state index contributed by atoms with van der Waals surface area (Å²) in [6.07, 6.45) is 1.71. The molecule has 3 rings (SSSR count). The van der Waals surface area contributed by atoms with Gasteiger partial charge in [0, 0.05) is 0 Å². The number of aliphatic imine (C=N–C) groups is 1. The quantitative estimate of drug-likeness (QED) is 0.724. The van der Waals surface area contributed by atoms with E-state index in [2.05, 4.69) is 10.3 Å². The Bertz CT molecular complexity index is 984. The Morgan fingerprint density at radius 1 is 1.25 bits per heavy atom. The molecule has 0 aromatic heterocycles. The summed E-state index contributed by atoms with van der Waals surface area (Å²) >= 11 is 1.25. The average molecular weight is 398 g/mol. The van der Waals surface area contributed by atoms with E-state index in [-0.39, 0.29) is 5.91 Å². The highest BCUT2D eigenvalue weighted by atomic mass is 32.2. The molecule has 0 atom stereocenters. The SMILES string of the molecule is COc1cc(/C=C2\SC(=Nc3cccc(C)c3)NC2=O)ccc1OCC(=O)O. The van der Waals surface area contributed by atoms with Gasteiger partial charge in [0.2, 0.25) is 0 Å². The number of amides is 1. The van der Waals surface area contributed by atoms with Crippen molar-refractivity contribution in [3.05, 3.63) is 58.5 Å². The van der Waals surface area contributed by atoms with E-state index in [4.69, 9.17) is 14.6 Å². The fraction of sp³-hybridized carbons (Fsp3) is 0.150. The lowest BCUT2D eigenvalue weighted by atomic mass is 10.2. The van der Waals surface area contributed by atoms with Gasteiger partial charge in [-0.2, -0.15) is 0 Å². The Kier molecular flexibility index (Phi) is 6.00. The van der Waals surface area contributed by atoms with E-state index in [1.54, 1.807) is 24.3 Å². The number of amidine groups is 1. The highest BCUT2D eigenvalue weighted by Crippen LogP contribution is 2.32. The van der Waals surface area contributed by atoms with Crippen molar-refractivity contribution < 1.29 is 24.2 Å².